The number of aromatic nitrogens is 1. The van der Waals surface area contributed by atoms with Gasteiger partial charge in [-0.25, -0.2) is 0 Å². The molecular formula is C18H24Cl2N4O3. The largest absolute Gasteiger partial charge is 0.362 e. The Kier molecular flexibility index (Phi) is 12.8. The van der Waals surface area contributed by atoms with Crippen LogP contribution in [-0.4, -0.2) is 36.6 Å². The smallest absolute Gasteiger partial charge is 0.246 e. The van der Waals surface area contributed by atoms with E-state index in [-0.39, 0.29) is 55.9 Å². The lowest BCUT2D eigenvalue weighted by atomic mass is 10.1. The number of amides is 2. The zero-order valence-electron chi connectivity index (χ0n) is 14.7. The van der Waals surface area contributed by atoms with Crippen molar-refractivity contribution >= 4 is 36.6 Å². The van der Waals surface area contributed by atoms with Crippen molar-refractivity contribution in [1.82, 2.24) is 15.6 Å². The van der Waals surface area contributed by atoms with Crippen LogP contribution < -0.4 is 16.4 Å². The number of hydrogen-bond donors (Lipinski definition) is 3. The van der Waals surface area contributed by atoms with Crippen molar-refractivity contribution in [2.24, 2.45) is 5.73 Å². The fraction of sp³-hybridized carbons (Fsp3) is 0.278. The van der Waals surface area contributed by atoms with Crippen LogP contribution in [0, 0.1) is 0 Å². The SMILES string of the molecule is Cl.Cl.NC(CNC(=O)COCC(=O)NCc1cccnc1)c1ccccc1. The van der Waals surface area contributed by atoms with E-state index in [9.17, 15) is 9.59 Å². The number of nitrogens with one attached hydrogen (secondary N) is 2. The van der Waals surface area contributed by atoms with E-state index >= 15 is 0 Å². The summed E-state index contributed by atoms with van der Waals surface area (Å²) in [5.74, 6) is -0.607. The van der Waals surface area contributed by atoms with Crippen molar-refractivity contribution in [2.75, 3.05) is 19.8 Å². The Morgan fingerprint density at radius 1 is 1.00 bits per heavy atom. The lowest BCUT2D eigenvalue weighted by Gasteiger charge is -2.13. The predicted octanol–water partition coefficient (Wildman–Crippen LogP) is 1.37. The van der Waals surface area contributed by atoms with Gasteiger partial charge in [0.2, 0.25) is 11.8 Å². The van der Waals surface area contributed by atoms with Crippen LogP contribution >= 0.6 is 24.8 Å². The van der Waals surface area contributed by atoms with Gasteiger partial charge in [0.25, 0.3) is 0 Å². The maximum atomic E-state index is 11.7. The lowest BCUT2D eigenvalue weighted by molar-refractivity contribution is -0.131. The van der Waals surface area contributed by atoms with Crippen LogP contribution in [0.2, 0.25) is 0 Å². The first-order chi connectivity index (χ1) is 12.1. The first kappa shape index (κ1) is 24.8. The Balaban J connectivity index is 0.00000338. The molecule has 1 atom stereocenters. The van der Waals surface area contributed by atoms with E-state index in [1.165, 1.54) is 0 Å². The van der Waals surface area contributed by atoms with E-state index in [1.807, 2.05) is 36.4 Å². The van der Waals surface area contributed by atoms with Crippen LogP contribution in [0.1, 0.15) is 17.2 Å². The van der Waals surface area contributed by atoms with E-state index in [4.69, 9.17) is 10.5 Å². The zero-order chi connectivity index (χ0) is 17.9. The van der Waals surface area contributed by atoms with Crippen LogP contribution in [-0.2, 0) is 20.9 Å². The average molecular weight is 415 g/mol. The molecule has 9 heteroatoms. The van der Waals surface area contributed by atoms with Gasteiger partial charge in [-0.3, -0.25) is 14.6 Å². The quantitative estimate of drug-likeness (QED) is 0.574. The molecule has 0 bridgehead atoms. The Hall–Kier alpha value is -2.19. The highest BCUT2D eigenvalue weighted by molar-refractivity contribution is 5.85. The molecule has 0 spiro atoms. The molecule has 2 rings (SSSR count). The minimum atomic E-state index is -0.313. The van der Waals surface area contributed by atoms with Gasteiger partial charge in [-0.1, -0.05) is 36.4 Å². The van der Waals surface area contributed by atoms with Crippen LogP contribution in [0.3, 0.4) is 0 Å². The monoisotopic (exact) mass is 414 g/mol. The van der Waals surface area contributed by atoms with Gasteiger partial charge in [0.15, 0.2) is 0 Å². The summed E-state index contributed by atoms with van der Waals surface area (Å²) < 4.78 is 5.10. The van der Waals surface area contributed by atoms with Gasteiger partial charge in [0, 0.05) is 31.5 Å². The van der Waals surface area contributed by atoms with Crippen molar-refractivity contribution in [3.05, 3.63) is 66.0 Å². The standard InChI is InChI=1S/C18H22N4O3.2ClH/c19-16(15-6-2-1-3-7-15)11-22-18(24)13-25-12-17(23)21-10-14-5-4-8-20-9-14;;/h1-9,16H,10-13,19H2,(H,21,23)(H,22,24);2*1H. The normalized spacial score (nSPS) is 10.7. The molecule has 1 aromatic heterocycles. The maximum Gasteiger partial charge on any atom is 0.246 e. The summed E-state index contributed by atoms with van der Waals surface area (Å²) in [5.41, 5.74) is 7.83. The fourth-order valence-electron chi connectivity index (χ4n) is 2.08. The summed E-state index contributed by atoms with van der Waals surface area (Å²) in [6, 6.07) is 12.9. The summed E-state index contributed by atoms with van der Waals surface area (Å²) in [5, 5.41) is 5.37. The van der Waals surface area contributed by atoms with Crippen molar-refractivity contribution in [2.45, 2.75) is 12.6 Å². The van der Waals surface area contributed by atoms with E-state index < -0.39 is 0 Å². The Morgan fingerprint density at radius 3 is 2.30 bits per heavy atom. The van der Waals surface area contributed by atoms with E-state index in [0.29, 0.717) is 13.1 Å². The molecule has 0 aliphatic heterocycles. The highest BCUT2D eigenvalue weighted by atomic mass is 35.5. The molecule has 0 aliphatic carbocycles. The molecule has 1 unspecified atom stereocenters. The molecule has 1 heterocycles. The van der Waals surface area contributed by atoms with Crippen LogP contribution in [0.4, 0.5) is 0 Å². The van der Waals surface area contributed by atoms with Crippen molar-refractivity contribution in [3.63, 3.8) is 0 Å². The van der Waals surface area contributed by atoms with Gasteiger partial charge in [-0.2, -0.15) is 0 Å². The molecule has 4 N–H and O–H groups in total. The van der Waals surface area contributed by atoms with Gasteiger partial charge in [0.1, 0.15) is 13.2 Å². The molecule has 27 heavy (non-hydrogen) atoms. The number of carbonyl (C=O) groups excluding carboxylic acids is 2. The summed E-state index contributed by atoms with van der Waals surface area (Å²) >= 11 is 0. The lowest BCUT2D eigenvalue weighted by Crippen LogP contribution is -2.35. The van der Waals surface area contributed by atoms with Crippen molar-refractivity contribution < 1.29 is 14.3 Å². The second-order valence-corrected chi connectivity index (χ2v) is 5.45. The van der Waals surface area contributed by atoms with E-state index in [2.05, 4.69) is 15.6 Å². The third-order valence-electron chi connectivity index (χ3n) is 3.43. The Morgan fingerprint density at radius 2 is 1.67 bits per heavy atom. The molecule has 148 valence electrons. The minimum Gasteiger partial charge on any atom is -0.362 e. The highest BCUT2D eigenvalue weighted by Gasteiger charge is 2.09. The number of nitrogens with zero attached hydrogens (tertiary/aromatic N) is 1. The Bertz CT molecular complexity index is 675. The topological polar surface area (TPSA) is 106 Å². The fourth-order valence-corrected chi connectivity index (χ4v) is 2.08. The first-order valence-corrected chi connectivity index (χ1v) is 7.95. The second-order valence-electron chi connectivity index (χ2n) is 5.45. The summed E-state index contributed by atoms with van der Waals surface area (Å²) in [6.07, 6.45) is 3.33. The third kappa shape index (κ3) is 9.91. The molecule has 0 radical (unpaired) electrons. The number of rotatable bonds is 9. The Labute approximate surface area is 170 Å². The highest BCUT2D eigenvalue weighted by Crippen LogP contribution is 2.07. The second kappa shape index (κ2) is 13.9. The average Bonchev–Trinajstić information content (AvgIpc) is 2.66. The molecule has 0 saturated carbocycles. The minimum absolute atomic E-state index is 0. The number of hydrogen-bond acceptors (Lipinski definition) is 5. The third-order valence-corrected chi connectivity index (χ3v) is 3.43. The summed E-state index contributed by atoms with van der Waals surface area (Å²) in [7, 11) is 0. The summed E-state index contributed by atoms with van der Waals surface area (Å²) in [6.45, 7) is 0.299. The van der Waals surface area contributed by atoms with Gasteiger partial charge >= 0.3 is 0 Å². The molecule has 0 fully saturated rings. The molecule has 0 saturated heterocycles. The molecule has 1 aromatic carbocycles. The number of halogens is 2. The van der Waals surface area contributed by atoms with Crippen LogP contribution in [0.25, 0.3) is 0 Å². The number of carbonyl (C=O) groups is 2. The molecule has 0 aliphatic rings. The van der Waals surface area contributed by atoms with Gasteiger partial charge < -0.3 is 21.1 Å². The molecule has 7 nitrogen and oxygen atoms in total. The van der Waals surface area contributed by atoms with Crippen LogP contribution in [0.5, 0.6) is 0 Å². The molecule has 2 aromatic rings. The van der Waals surface area contributed by atoms with Crippen molar-refractivity contribution in [3.8, 4) is 0 Å². The number of ether oxygens (including phenoxy) is 1. The van der Waals surface area contributed by atoms with Crippen LogP contribution in [0.15, 0.2) is 54.9 Å². The predicted molar refractivity (Wildman–Crippen MR) is 108 cm³/mol. The van der Waals surface area contributed by atoms with E-state index in [0.717, 1.165) is 11.1 Å². The number of benzene rings is 1. The number of nitrogens with two attached hydrogens (primary N) is 1. The van der Waals surface area contributed by atoms with Crippen molar-refractivity contribution in [1.29, 1.82) is 0 Å². The zero-order valence-corrected chi connectivity index (χ0v) is 16.3. The first-order valence-electron chi connectivity index (χ1n) is 7.95. The van der Waals surface area contributed by atoms with Gasteiger partial charge in [-0.15, -0.1) is 24.8 Å². The van der Waals surface area contributed by atoms with E-state index in [1.54, 1.807) is 18.5 Å². The molecular weight excluding hydrogens is 391 g/mol. The molecule has 2 amide bonds. The van der Waals surface area contributed by atoms with Gasteiger partial charge in [0.05, 0.1) is 0 Å². The summed E-state index contributed by atoms with van der Waals surface area (Å²) in [4.78, 5) is 27.3. The maximum absolute atomic E-state index is 11.7. The number of pyridine rings is 1. The van der Waals surface area contributed by atoms with Gasteiger partial charge in [-0.05, 0) is 17.2 Å².